The molecule has 0 aromatic heterocycles. The zero-order chi connectivity index (χ0) is 22.7. The summed E-state index contributed by atoms with van der Waals surface area (Å²) in [6.45, 7) is 7.30. The predicted octanol–water partition coefficient (Wildman–Crippen LogP) is 3.14. The van der Waals surface area contributed by atoms with Crippen LogP contribution in [0.2, 0.25) is 0 Å². The van der Waals surface area contributed by atoms with E-state index in [2.05, 4.69) is 6.07 Å². The molecule has 2 fully saturated rings. The van der Waals surface area contributed by atoms with Crippen LogP contribution in [0.3, 0.4) is 0 Å². The summed E-state index contributed by atoms with van der Waals surface area (Å²) in [7, 11) is 0. The number of piperidine rings is 1. The minimum atomic E-state index is -0.171. The van der Waals surface area contributed by atoms with E-state index in [0.29, 0.717) is 50.4 Å². The number of hydrogen-bond donors (Lipinski definition) is 0. The molecular weight excluding hydrogens is 402 g/mol. The number of piperazine rings is 1. The number of aryl methyl sites for hydroxylation is 2. The van der Waals surface area contributed by atoms with Crippen LogP contribution >= 0.6 is 0 Å². The smallest absolute Gasteiger partial charge is 0.253 e. The molecule has 6 nitrogen and oxygen atoms in total. The maximum atomic E-state index is 13.2. The van der Waals surface area contributed by atoms with Gasteiger partial charge in [-0.15, -0.1) is 0 Å². The van der Waals surface area contributed by atoms with Gasteiger partial charge in [0.15, 0.2) is 0 Å². The number of amides is 3. The Morgan fingerprint density at radius 2 is 1.31 bits per heavy atom. The molecule has 168 valence electrons. The van der Waals surface area contributed by atoms with E-state index in [-0.39, 0.29) is 23.6 Å². The number of rotatable bonds is 3. The van der Waals surface area contributed by atoms with Gasteiger partial charge in [0.2, 0.25) is 5.91 Å². The fourth-order valence-corrected chi connectivity index (χ4v) is 4.80. The zero-order valence-corrected chi connectivity index (χ0v) is 18.9. The van der Waals surface area contributed by atoms with Crippen LogP contribution in [-0.4, -0.2) is 71.7 Å². The van der Waals surface area contributed by atoms with Crippen LogP contribution in [0.5, 0.6) is 0 Å². The molecular formula is C26H31N3O3. The normalized spacial score (nSPS) is 19.1. The van der Waals surface area contributed by atoms with E-state index in [1.807, 2.05) is 71.0 Å². The van der Waals surface area contributed by atoms with Crippen molar-refractivity contribution in [3.63, 3.8) is 0 Å². The van der Waals surface area contributed by atoms with Gasteiger partial charge in [0.1, 0.15) is 0 Å². The molecule has 0 aliphatic carbocycles. The third-order valence-corrected chi connectivity index (χ3v) is 6.43. The second-order valence-electron chi connectivity index (χ2n) is 8.95. The lowest BCUT2D eigenvalue weighted by molar-refractivity contribution is -0.138. The first-order chi connectivity index (χ1) is 15.4. The summed E-state index contributed by atoms with van der Waals surface area (Å²) in [5, 5.41) is 0. The van der Waals surface area contributed by atoms with Gasteiger partial charge in [-0.25, -0.2) is 0 Å². The molecule has 0 saturated carbocycles. The van der Waals surface area contributed by atoms with Crippen molar-refractivity contribution in [3.8, 4) is 0 Å². The molecule has 2 aliphatic rings. The molecule has 2 saturated heterocycles. The molecule has 32 heavy (non-hydrogen) atoms. The lowest BCUT2D eigenvalue weighted by atomic mass is 9.95. The molecule has 2 heterocycles. The van der Waals surface area contributed by atoms with E-state index in [1.165, 1.54) is 0 Å². The summed E-state index contributed by atoms with van der Waals surface area (Å²) in [6, 6.07) is 15.2. The second kappa shape index (κ2) is 9.55. The molecule has 0 N–H and O–H groups in total. The Balaban J connectivity index is 1.34. The Bertz CT molecular complexity index is 976. The molecule has 1 unspecified atom stereocenters. The standard InChI is InChI=1S/C26H31N3O3/c1-19-15-20(2)17-23(16-19)26(32)29-10-6-9-22(18-29)25(31)28-13-11-27(12-14-28)24(30)21-7-4-3-5-8-21/h3-5,7-8,15-17,22H,6,9-14,18H2,1-2H3. The van der Waals surface area contributed by atoms with Gasteiger partial charge in [0.25, 0.3) is 11.8 Å². The average molecular weight is 434 g/mol. The number of nitrogens with zero attached hydrogens (tertiary/aromatic N) is 3. The van der Waals surface area contributed by atoms with Gasteiger partial charge in [0, 0.05) is 50.4 Å². The van der Waals surface area contributed by atoms with E-state index >= 15 is 0 Å². The fraction of sp³-hybridized carbons (Fsp3) is 0.423. The summed E-state index contributed by atoms with van der Waals surface area (Å²) in [5.41, 5.74) is 3.52. The van der Waals surface area contributed by atoms with Crippen molar-refractivity contribution in [3.05, 3.63) is 70.8 Å². The Kier molecular flexibility index (Phi) is 6.58. The van der Waals surface area contributed by atoms with Gasteiger partial charge in [-0.3, -0.25) is 14.4 Å². The van der Waals surface area contributed by atoms with Crippen LogP contribution in [-0.2, 0) is 4.79 Å². The molecule has 2 aliphatic heterocycles. The molecule has 4 rings (SSSR count). The second-order valence-corrected chi connectivity index (χ2v) is 8.95. The number of benzene rings is 2. The van der Waals surface area contributed by atoms with Crippen molar-refractivity contribution < 1.29 is 14.4 Å². The highest BCUT2D eigenvalue weighted by molar-refractivity contribution is 5.95. The van der Waals surface area contributed by atoms with Crippen LogP contribution < -0.4 is 0 Å². The number of carbonyl (C=O) groups is 3. The van der Waals surface area contributed by atoms with Crippen LogP contribution in [0.15, 0.2) is 48.5 Å². The molecule has 0 bridgehead atoms. The number of carbonyl (C=O) groups excluding carboxylic acids is 3. The van der Waals surface area contributed by atoms with Gasteiger partial charge >= 0.3 is 0 Å². The minimum absolute atomic E-state index is 0.00702. The Morgan fingerprint density at radius 1 is 0.719 bits per heavy atom. The number of hydrogen-bond acceptors (Lipinski definition) is 3. The van der Waals surface area contributed by atoms with E-state index in [9.17, 15) is 14.4 Å². The SMILES string of the molecule is Cc1cc(C)cc(C(=O)N2CCCC(C(=O)N3CCN(C(=O)c4ccccc4)CC3)C2)c1. The summed E-state index contributed by atoms with van der Waals surface area (Å²) in [5.74, 6) is -0.0436. The van der Waals surface area contributed by atoms with E-state index in [1.54, 1.807) is 0 Å². The van der Waals surface area contributed by atoms with E-state index in [4.69, 9.17) is 0 Å². The molecule has 1 atom stereocenters. The quantitative estimate of drug-likeness (QED) is 0.747. The lowest BCUT2D eigenvalue weighted by Crippen LogP contribution is -2.54. The highest BCUT2D eigenvalue weighted by Gasteiger charge is 2.33. The van der Waals surface area contributed by atoms with Gasteiger partial charge in [-0.1, -0.05) is 35.4 Å². The van der Waals surface area contributed by atoms with Crippen molar-refractivity contribution in [2.45, 2.75) is 26.7 Å². The van der Waals surface area contributed by atoms with Gasteiger partial charge in [0.05, 0.1) is 5.92 Å². The molecule has 0 spiro atoms. The molecule has 3 amide bonds. The summed E-state index contributed by atoms with van der Waals surface area (Å²) in [6.07, 6.45) is 1.64. The minimum Gasteiger partial charge on any atom is -0.339 e. The highest BCUT2D eigenvalue weighted by atomic mass is 16.2. The van der Waals surface area contributed by atoms with Gasteiger partial charge in [-0.2, -0.15) is 0 Å². The average Bonchev–Trinajstić information content (AvgIpc) is 2.83. The van der Waals surface area contributed by atoms with Crippen LogP contribution in [0, 0.1) is 19.8 Å². The van der Waals surface area contributed by atoms with Crippen LogP contribution in [0.1, 0.15) is 44.7 Å². The molecule has 6 heteroatoms. The van der Waals surface area contributed by atoms with E-state index < -0.39 is 0 Å². The first-order valence-electron chi connectivity index (χ1n) is 11.4. The summed E-state index contributed by atoms with van der Waals surface area (Å²) >= 11 is 0. The number of likely N-dealkylation sites (tertiary alicyclic amines) is 1. The topological polar surface area (TPSA) is 60.9 Å². The monoisotopic (exact) mass is 433 g/mol. The van der Waals surface area contributed by atoms with Crippen LogP contribution in [0.4, 0.5) is 0 Å². The lowest BCUT2D eigenvalue weighted by Gasteiger charge is -2.39. The molecule has 2 aromatic carbocycles. The van der Waals surface area contributed by atoms with Gasteiger partial charge < -0.3 is 14.7 Å². The summed E-state index contributed by atoms with van der Waals surface area (Å²) in [4.78, 5) is 44.4. The molecule has 0 radical (unpaired) electrons. The fourth-order valence-electron chi connectivity index (χ4n) is 4.80. The Hall–Kier alpha value is -3.15. The largest absolute Gasteiger partial charge is 0.339 e. The zero-order valence-electron chi connectivity index (χ0n) is 18.9. The Labute approximate surface area is 189 Å². The molecule has 2 aromatic rings. The van der Waals surface area contributed by atoms with Crippen molar-refractivity contribution >= 4 is 17.7 Å². The van der Waals surface area contributed by atoms with Crippen LogP contribution in [0.25, 0.3) is 0 Å². The summed E-state index contributed by atoms with van der Waals surface area (Å²) < 4.78 is 0. The van der Waals surface area contributed by atoms with Gasteiger partial charge in [-0.05, 0) is 51.0 Å². The first-order valence-corrected chi connectivity index (χ1v) is 11.4. The Morgan fingerprint density at radius 3 is 1.97 bits per heavy atom. The predicted molar refractivity (Wildman–Crippen MR) is 123 cm³/mol. The third kappa shape index (κ3) is 4.85. The third-order valence-electron chi connectivity index (χ3n) is 6.43. The van der Waals surface area contributed by atoms with Crippen molar-refractivity contribution in [2.24, 2.45) is 5.92 Å². The van der Waals surface area contributed by atoms with Crippen molar-refractivity contribution in [2.75, 3.05) is 39.3 Å². The maximum absolute atomic E-state index is 13.2. The maximum Gasteiger partial charge on any atom is 0.253 e. The van der Waals surface area contributed by atoms with Crippen molar-refractivity contribution in [1.29, 1.82) is 0 Å². The van der Waals surface area contributed by atoms with E-state index in [0.717, 1.165) is 24.0 Å². The first kappa shape index (κ1) is 22.1. The highest BCUT2D eigenvalue weighted by Crippen LogP contribution is 2.22. The van der Waals surface area contributed by atoms with Crippen molar-refractivity contribution in [1.82, 2.24) is 14.7 Å².